The van der Waals surface area contributed by atoms with Gasteiger partial charge in [0.05, 0.1) is 11.6 Å². The van der Waals surface area contributed by atoms with E-state index in [1.54, 1.807) is 0 Å². The molecule has 0 unspecified atom stereocenters. The lowest BCUT2D eigenvalue weighted by molar-refractivity contribution is -0.193. The highest BCUT2D eigenvalue weighted by Gasteiger charge is 2.39. The maximum absolute atomic E-state index is 10.6. The van der Waals surface area contributed by atoms with E-state index in [-0.39, 0.29) is 0 Å². The molecule has 212 valence electrons. The Morgan fingerprint density at radius 3 is 1.76 bits per heavy atom. The van der Waals surface area contributed by atoms with E-state index < -0.39 is 24.3 Å². The van der Waals surface area contributed by atoms with Crippen molar-refractivity contribution in [3.05, 3.63) is 29.8 Å². The number of hydrogen-bond acceptors (Lipinski definition) is 6. The van der Waals surface area contributed by atoms with Crippen molar-refractivity contribution in [2.75, 3.05) is 57.3 Å². The van der Waals surface area contributed by atoms with Crippen molar-refractivity contribution >= 4 is 17.6 Å². The van der Waals surface area contributed by atoms with E-state index >= 15 is 0 Å². The van der Waals surface area contributed by atoms with Gasteiger partial charge in [-0.25, -0.2) is 9.59 Å². The van der Waals surface area contributed by atoms with Crippen molar-refractivity contribution in [2.45, 2.75) is 31.6 Å². The Labute approximate surface area is 216 Å². The Hall–Kier alpha value is -3.05. The molecule has 2 atom stereocenters. The molecule has 0 radical (unpaired) electrons. The SMILES string of the molecule is N#Cc1ccc(N2C[C@H]3CCN(CCN4CCCC4)C[C@H]3C2)cc1.O=C(O)C(F)(F)F.O=C(O)C(F)(F)F. The van der Waals surface area contributed by atoms with Crippen molar-refractivity contribution in [3.63, 3.8) is 0 Å². The molecule has 3 heterocycles. The van der Waals surface area contributed by atoms with Crippen LogP contribution in [0.15, 0.2) is 24.3 Å². The summed E-state index contributed by atoms with van der Waals surface area (Å²) in [6.07, 6.45) is -6.04. The summed E-state index contributed by atoms with van der Waals surface area (Å²) in [7, 11) is 0. The molecule has 0 amide bonds. The summed E-state index contributed by atoms with van der Waals surface area (Å²) in [5.74, 6) is -3.85. The zero-order chi connectivity index (χ0) is 28.5. The molecule has 0 aliphatic carbocycles. The minimum absolute atomic E-state index is 0.753. The summed E-state index contributed by atoms with van der Waals surface area (Å²) in [6, 6.07) is 10.3. The molecular formula is C24H30F6N4O4. The van der Waals surface area contributed by atoms with E-state index in [4.69, 9.17) is 25.1 Å². The van der Waals surface area contributed by atoms with E-state index in [1.165, 1.54) is 77.3 Å². The highest BCUT2D eigenvalue weighted by molar-refractivity contribution is 5.73. The van der Waals surface area contributed by atoms with Crippen molar-refractivity contribution in [3.8, 4) is 6.07 Å². The Bertz CT molecular complexity index is 935. The number of carboxylic acid groups (broad SMARTS) is 2. The maximum Gasteiger partial charge on any atom is 0.490 e. The number of fused-ring (bicyclic) bond motifs is 1. The lowest BCUT2D eigenvalue weighted by Gasteiger charge is -2.35. The number of rotatable bonds is 4. The Balaban J connectivity index is 0.000000301. The zero-order valence-electron chi connectivity index (χ0n) is 20.5. The summed E-state index contributed by atoms with van der Waals surface area (Å²) in [6.45, 7) is 10.0. The lowest BCUT2D eigenvalue weighted by Crippen LogP contribution is -2.43. The van der Waals surface area contributed by atoms with Crippen LogP contribution in [0.2, 0.25) is 0 Å². The van der Waals surface area contributed by atoms with E-state index in [2.05, 4.69) is 32.9 Å². The fourth-order valence-electron chi connectivity index (χ4n) is 4.69. The molecule has 3 aliphatic heterocycles. The summed E-state index contributed by atoms with van der Waals surface area (Å²) in [4.78, 5) is 25.6. The summed E-state index contributed by atoms with van der Waals surface area (Å²) >= 11 is 0. The Morgan fingerprint density at radius 2 is 1.29 bits per heavy atom. The number of nitriles is 1. The molecule has 14 heteroatoms. The normalized spacial score (nSPS) is 21.9. The largest absolute Gasteiger partial charge is 0.490 e. The third-order valence-corrected chi connectivity index (χ3v) is 6.66. The van der Waals surface area contributed by atoms with E-state index in [9.17, 15) is 26.3 Å². The molecule has 38 heavy (non-hydrogen) atoms. The molecule has 3 aliphatic rings. The van der Waals surface area contributed by atoms with Crippen molar-refractivity contribution in [2.24, 2.45) is 11.8 Å². The predicted octanol–water partition coefficient (Wildman–Crippen LogP) is 3.68. The molecule has 3 saturated heterocycles. The third-order valence-electron chi connectivity index (χ3n) is 6.66. The number of anilines is 1. The fourth-order valence-corrected chi connectivity index (χ4v) is 4.69. The highest BCUT2D eigenvalue weighted by atomic mass is 19.4. The first-order valence-electron chi connectivity index (χ1n) is 12.0. The topological polar surface area (TPSA) is 108 Å². The molecule has 0 spiro atoms. The van der Waals surface area contributed by atoms with Crippen LogP contribution < -0.4 is 4.90 Å². The van der Waals surface area contributed by atoms with Crippen LogP contribution in [0.4, 0.5) is 32.0 Å². The number of piperidine rings is 1. The van der Waals surface area contributed by atoms with Crippen LogP contribution in [0.5, 0.6) is 0 Å². The van der Waals surface area contributed by atoms with Crippen LogP contribution >= 0.6 is 0 Å². The van der Waals surface area contributed by atoms with Gasteiger partial charge >= 0.3 is 24.3 Å². The van der Waals surface area contributed by atoms with Gasteiger partial charge in [0, 0.05) is 38.4 Å². The number of alkyl halides is 6. The second kappa shape index (κ2) is 13.7. The van der Waals surface area contributed by atoms with Crippen LogP contribution in [0, 0.1) is 23.2 Å². The average molecular weight is 553 g/mol. The van der Waals surface area contributed by atoms with Crippen LogP contribution in [-0.2, 0) is 9.59 Å². The molecular weight excluding hydrogens is 522 g/mol. The summed E-state index contributed by atoms with van der Waals surface area (Å²) in [5.41, 5.74) is 2.04. The molecule has 2 N–H and O–H groups in total. The second-order valence-corrected chi connectivity index (χ2v) is 9.33. The predicted molar refractivity (Wildman–Crippen MR) is 124 cm³/mol. The summed E-state index contributed by atoms with van der Waals surface area (Å²) < 4.78 is 63.5. The van der Waals surface area contributed by atoms with Crippen molar-refractivity contribution < 1.29 is 46.1 Å². The van der Waals surface area contributed by atoms with Gasteiger partial charge in [0.2, 0.25) is 0 Å². The van der Waals surface area contributed by atoms with E-state index in [0.717, 1.165) is 17.4 Å². The van der Waals surface area contributed by atoms with Gasteiger partial charge in [-0.2, -0.15) is 31.6 Å². The van der Waals surface area contributed by atoms with Gasteiger partial charge in [0.25, 0.3) is 0 Å². The molecule has 3 fully saturated rings. The number of aliphatic carboxylic acids is 2. The fraction of sp³-hybridized carbons (Fsp3) is 0.625. The third kappa shape index (κ3) is 10.0. The molecule has 0 saturated carbocycles. The van der Waals surface area contributed by atoms with Gasteiger partial charge in [0.15, 0.2) is 0 Å². The van der Waals surface area contributed by atoms with Crippen LogP contribution in [0.25, 0.3) is 0 Å². The average Bonchev–Trinajstić information content (AvgIpc) is 3.52. The lowest BCUT2D eigenvalue weighted by atomic mass is 9.89. The standard InChI is InChI=1S/C20H28N4.2C2HF3O2/c21-13-17-3-5-20(6-4-17)24-15-18-7-10-23(14-19(18)16-24)12-11-22-8-1-2-9-22;2*3-2(4,5)1(6)7/h3-6,18-19H,1-2,7-12,14-16H2;2*(H,6,7)/t18-,19+;;/m1../s1. The van der Waals surface area contributed by atoms with Gasteiger partial charge < -0.3 is 24.9 Å². The molecule has 4 rings (SSSR count). The molecule has 8 nitrogen and oxygen atoms in total. The van der Waals surface area contributed by atoms with Gasteiger partial charge in [-0.15, -0.1) is 0 Å². The van der Waals surface area contributed by atoms with Crippen LogP contribution in [0.1, 0.15) is 24.8 Å². The van der Waals surface area contributed by atoms with E-state index in [0.29, 0.717) is 0 Å². The molecule has 1 aromatic rings. The highest BCUT2D eigenvalue weighted by Crippen LogP contribution is 2.34. The first-order chi connectivity index (χ1) is 17.7. The quantitative estimate of drug-likeness (QED) is 0.545. The number of carbonyl (C=O) groups is 2. The maximum atomic E-state index is 10.6. The Morgan fingerprint density at radius 1 is 0.816 bits per heavy atom. The van der Waals surface area contributed by atoms with Crippen LogP contribution in [-0.4, -0.2) is 96.7 Å². The minimum Gasteiger partial charge on any atom is -0.475 e. The Kier molecular flexibility index (Phi) is 11.2. The molecule has 1 aromatic carbocycles. The number of hydrogen-bond donors (Lipinski definition) is 2. The molecule has 0 aromatic heterocycles. The smallest absolute Gasteiger partial charge is 0.475 e. The van der Waals surface area contributed by atoms with Gasteiger partial charge in [-0.1, -0.05) is 0 Å². The summed E-state index contributed by atoms with van der Waals surface area (Å²) in [5, 5.41) is 23.2. The zero-order valence-corrected chi connectivity index (χ0v) is 20.5. The second-order valence-electron chi connectivity index (χ2n) is 9.33. The number of likely N-dealkylation sites (tertiary alicyclic amines) is 2. The first kappa shape index (κ1) is 31.2. The van der Waals surface area contributed by atoms with Crippen molar-refractivity contribution in [1.82, 2.24) is 9.80 Å². The van der Waals surface area contributed by atoms with Crippen LogP contribution in [0.3, 0.4) is 0 Å². The van der Waals surface area contributed by atoms with Gasteiger partial charge in [-0.05, 0) is 75.0 Å². The van der Waals surface area contributed by atoms with Gasteiger partial charge in [0.1, 0.15) is 0 Å². The number of halogens is 6. The number of nitrogens with zero attached hydrogens (tertiary/aromatic N) is 4. The first-order valence-corrected chi connectivity index (χ1v) is 12.0. The van der Waals surface area contributed by atoms with Crippen molar-refractivity contribution in [1.29, 1.82) is 5.26 Å². The molecule has 0 bridgehead atoms. The monoisotopic (exact) mass is 552 g/mol. The minimum atomic E-state index is -5.08. The van der Waals surface area contributed by atoms with Gasteiger partial charge in [-0.3, -0.25) is 0 Å². The number of carboxylic acids is 2. The number of benzene rings is 1. The van der Waals surface area contributed by atoms with E-state index in [1.807, 2.05) is 12.1 Å².